The van der Waals surface area contributed by atoms with Gasteiger partial charge in [0.05, 0.1) is 17.3 Å². The smallest absolute Gasteiger partial charge is 0.252 e. The summed E-state index contributed by atoms with van der Waals surface area (Å²) in [5, 5.41) is 4.85. The molecule has 1 aromatic heterocycles. The molecule has 2 fully saturated rings. The van der Waals surface area contributed by atoms with Crippen molar-refractivity contribution in [1.82, 2.24) is 4.31 Å². The average molecular weight is 434 g/mol. The van der Waals surface area contributed by atoms with Crippen LogP contribution in [0.15, 0.2) is 46.0 Å². The van der Waals surface area contributed by atoms with Crippen LogP contribution >= 0.6 is 11.3 Å². The lowest BCUT2D eigenvalue weighted by Crippen LogP contribution is -2.43. The maximum absolute atomic E-state index is 13.0. The lowest BCUT2D eigenvalue weighted by atomic mass is 9.98. The third kappa shape index (κ3) is 4.49. The number of nitrogens with zero attached hydrogens (tertiary/aromatic N) is 2. The minimum atomic E-state index is -3.52. The van der Waals surface area contributed by atoms with Gasteiger partial charge in [0.25, 0.3) is 10.0 Å². The van der Waals surface area contributed by atoms with E-state index in [-0.39, 0.29) is 18.4 Å². The van der Waals surface area contributed by atoms with Crippen LogP contribution < -0.4 is 10.2 Å². The second-order valence-electron chi connectivity index (χ2n) is 7.69. The van der Waals surface area contributed by atoms with Crippen molar-refractivity contribution < 1.29 is 13.2 Å². The number of amides is 1. The summed E-state index contributed by atoms with van der Waals surface area (Å²) in [5.74, 6) is -0.437. The summed E-state index contributed by atoms with van der Waals surface area (Å²) in [7, 11) is -3.52. The number of carbonyl (C=O) groups is 1. The maximum atomic E-state index is 13.0. The van der Waals surface area contributed by atoms with Gasteiger partial charge in [0, 0.05) is 26.2 Å². The van der Waals surface area contributed by atoms with E-state index in [9.17, 15) is 13.2 Å². The average Bonchev–Trinajstić information content (AvgIpc) is 3.31. The highest BCUT2D eigenvalue weighted by Gasteiger charge is 2.34. The standard InChI is InChI=1S/C21H27N3O3S2/c25-21(22-18-9-2-3-10-19(18)23-12-4-1-5-13-23)17-8-6-14-24(16-17)29(26,27)20-11-7-15-28-20/h2-3,7,9-11,15,17H,1,4-6,8,12-14,16H2,(H,22,25). The fourth-order valence-electron chi connectivity index (χ4n) is 4.14. The topological polar surface area (TPSA) is 69.7 Å². The molecule has 0 bridgehead atoms. The second kappa shape index (κ2) is 8.85. The van der Waals surface area contributed by atoms with E-state index in [0.29, 0.717) is 23.6 Å². The molecule has 1 N–H and O–H groups in total. The Morgan fingerprint density at radius 3 is 2.55 bits per heavy atom. The number of thiophene rings is 1. The van der Waals surface area contributed by atoms with E-state index in [1.165, 1.54) is 34.9 Å². The lowest BCUT2D eigenvalue weighted by Gasteiger charge is -2.32. The van der Waals surface area contributed by atoms with Crippen molar-refractivity contribution in [2.75, 3.05) is 36.4 Å². The van der Waals surface area contributed by atoms with E-state index in [0.717, 1.165) is 24.5 Å². The molecule has 1 amide bonds. The van der Waals surface area contributed by atoms with E-state index < -0.39 is 10.0 Å². The van der Waals surface area contributed by atoms with Gasteiger partial charge in [-0.25, -0.2) is 8.42 Å². The Hall–Kier alpha value is -1.90. The lowest BCUT2D eigenvalue weighted by molar-refractivity contribution is -0.120. The third-order valence-corrected chi connectivity index (χ3v) is 8.94. The minimum absolute atomic E-state index is 0.0967. The molecule has 156 valence electrons. The molecule has 0 saturated carbocycles. The molecule has 6 nitrogen and oxygen atoms in total. The van der Waals surface area contributed by atoms with Crippen LogP contribution in [-0.4, -0.2) is 44.8 Å². The first kappa shape index (κ1) is 20.4. The Labute approximate surface area is 176 Å². The number of carbonyl (C=O) groups excluding carboxylic acids is 1. The van der Waals surface area contributed by atoms with Crippen molar-refractivity contribution in [3.63, 3.8) is 0 Å². The summed E-state index contributed by atoms with van der Waals surface area (Å²) < 4.78 is 27.5. The van der Waals surface area contributed by atoms with E-state index >= 15 is 0 Å². The van der Waals surface area contributed by atoms with E-state index in [1.54, 1.807) is 17.5 Å². The summed E-state index contributed by atoms with van der Waals surface area (Å²) in [4.78, 5) is 15.3. The van der Waals surface area contributed by atoms with Crippen LogP contribution in [0.1, 0.15) is 32.1 Å². The van der Waals surface area contributed by atoms with E-state index in [1.807, 2.05) is 18.2 Å². The van der Waals surface area contributed by atoms with Crippen molar-refractivity contribution in [2.45, 2.75) is 36.3 Å². The third-order valence-electron chi connectivity index (χ3n) is 5.70. The number of para-hydroxylation sites is 2. The maximum Gasteiger partial charge on any atom is 0.252 e. The van der Waals surface area contributed by atoms with Gasteiger partial charge in [-0.2, -0.15) is 4.31 Å². The number of sulfonamides is 1. The molecule has 1 aromatic carbocycles. The Bertz CT molecular complexity index is 938. The first-order chi connectivity index (χ1) is 14.1. The molecule has 1 atom stereocenters. The van der Waals surface area contributed by atoms with Gasteiger partial charge in [-0.1, -0.05) is 18.2 Å². The number of anilines is 2. The molecule has 2 saturated heterocycles. The van der Waals surface area contributed by atoms with Gasteiger partial charge in [0.1, 0.15) is 4.21 Å². The van der Waals surface area contributed by atoms with Crippen molar-refractivity contribution in [3.8, 4) is 0 Å². The molecule has 2 aromatic rings. The van der Waals surface area contributed by atoms with Crippen molar-refractivity contribution in [3.05, 3.63) is 41.8 Å². The van der Waals surface area contributed by atoms with Crippen LogP contribution in [0.3, 0.4) is 0 Å². The summed E-state index contributed by atoms with van der Waals surface area (Å²) >= 11 is 1.22. The number of rotatable bonds is 5. The summed E-state index contributed by atoms with van der Waals surface area (Å²) in [6, 6.07) is 11.3. The van der Waals surface area contributed by atoms with Crippen LogP contribution in [0.2, 0.25) is 0 Å². The number of piperidine rings is 2. The zero-order chi connectivity index (χ0) is 20.3. The van der Waals surface area contributed by atoms with Crippen LogP contribution in [0.4, 0.5) is 11.4 Å². The molecule has 0 aliphatic carbocycles. The fourth-order valence-corrected chi connectivity index (χ4v) is 6.81. The van der Waals surface area contributed by atoms with Crippen LogP contribution in [-0.2, 0) is 14.8 Å². The summed E-state index contributed by atoms with van der Waals surface area (Å²) in [6.07, 6.45) is 4.98. The Morgan fingerprint density at radius 2 is 1.79 bits per heavy atom. The Morgan fingerprint density at radius 1 is 1.00 bits per heavy atom. The summed E-state index contributed by atoms with van der Waals surface area (Å²) in [6.45, 7) is 2.71. The van der Waals surface area contributed by atoms with Gasteiger partial charge in [-0.15, -0.1) is 11.3 Å². The molecule has 29 heavy (non-hydrogen) atoms. The molecular weight excluding hydrogens is 406 g/mol. The molecule has 2 aliphatic heterocycles. The van der Waals surface area contributed by atoms with Gasteiger partial charge < -0.3 is 10.2 Å². The highest BCUT2D eigenvalue weighted by atomic mass is 32.2. The minimum Gasteiger partial charge on any atom is -0.370 e. The number of hydrogen-bond acceptors (Lipinski definition) is 5. The number of hydrogen-bond donors (Lipinski definition) is 1. The summed E-state index contributed by atoms with van der Waals surface area (Å²) in [5.41, 5.74) is 1.87. The molecule has 2 aliphatic rings. The largest absolute Gasteiger partial charge is 0.370 e. The first-order valence-electron chi connectivity index (χ1n) is 10.2. The molecule has 4 rings (SSSR count). The van der Waals surface area contributed by atoms with Gasteiger partial charge in [-0.05, 0) is 55.7 Å². The zero-order valence-corrected chi connectivity index (χ0v) is 18.1. The zero-order valence-electron chi connectivity index (χ0n) is 16.4. The highest BCUT2D eigenvalue weighted by Crippen LogP contribution is 2.30. The second-order valence-corrected chi connectivity index (χ2v) is 10.8. The molecular formula is C21H27N3O3S2. The van der Waals surface area contributed by atoms with E-state index in [4.69, 9.17) is 0 Å². The molecule has 3 heterocycles. The predicted molar refractivity (Wildman–Crippen MR) is 117 cm³/mol. The molecule has 0 spiro atoms. The van der Waals surface area contributed by atoms with Crippen molar-refractivity contribution >= 4 is 38.6 Å². The number of nitrogens with one attached hydrogen (secondary N) is 1. The first-order valence-corrected chi connectivity index (χ1v) is 12.6. The molecule has 1 unspecified atom stereocenters. The SMILES string of the molecule is O=C(Nc1ccccc1N1CCCCC1)C1CCCN(S(=O)(=O)c2cccs2)C1. The van der Waals surface area contributed by atoms with Crippen molar-refractivity contribution in [1.29, 1.82) is 0 Å². The highest BCUT2D eigenvalue weighted by molar-refractivity contribution is 7.91. The van der Waals surface area contributed by atoms with Crippen LogP contribution in [0.25, 0.3) is 0 Å². The number of benzene rings is 1. The van der Waals surface area contributed by atoms with Crippen LogP contribution in [0.5, 0.6) is 0 Å². The Balaban J connectivity index is 1.46. The van der Waals surface area contributed by atoms with Gasteiger partial charge in [0.15, 0.2) is 0 Å². The Kier molecular flexibility index (Phi) is 6.22. The molecule has 0 radical (unpaired) electrons. The predicted octanol–water partition coefficient (Wildman–Crippen LogP) is 3.78. The normalized spacial score (nSPS) is 21.1. The quantitative estimate of drug-likeness (QED) is 0.779. The van der Waals surface area contributed by atoms with Gasteiger partial charge >= 0.3 is 0 Å². The van der Waals surface area contributed by atoms with Crippen molar-refractivity contribution in [2.24, 2.45) is 5.92 Å². The van der Waals surface area contributed by atoms with Crippen LogP contribution in [0, 0.1) is 5.92 Å². The monoisotopic (exact) mass is 433 g/mol. The van der Waals surface area contributed by atoms with Gasteiger partial charge in [0.2, 0.25) is 5.91 Å². The fraction of sp³-hybridized carbons (Fsp3) is 0.476. The van der Waals surface area contributed by atoms with Gasteiger partial charge in [-0.3, -0.25) is 4.79 Å². The molecule has 8 heteroatoms. The van der Waals surface area contributed by atoms with E-state index in [2.05, 4.69) is 16.3 Å².